The Morgan fingerprint density at radius 2 is 1.72 bits per heavy atom. The second-order valence-electron chi connectivity index (χ2n) is 5.62. The Morgan fingerprint density at radius 3 is 2.32 bits per heavy atom. The zero-order valence-electron chi connectivity index (χ0n) is 14.2. The molecule has 0 radical (unpaired) electrons. The van der Waals surface area contributed by atoms with Gasteiger partial charge in [-0.2, -0.15) is 0 Å². The van der Waals surface area contributed by atoms with Crippen molar-refractivity contribution in [1.29, 1.82) is 0 Å². The summed E-state index contributed by atoms with van der Waals surface area (Å²) < 4.78 is 0. The fourth-order valence-electron chi connectivity index (χ4n) is 2.45. The number of anilines is 1. The highest BCUT2D eigenvalue weighted by Crippen LogP contribution is 2.10. The number of aliphatic hydroxyl groups is 1. The van der Waals surface area contributed by atoms with Gasteiger partial charge in [0.05, 0.1) is 13.2 Å². The minimum absolute atomic E-state index is 0.0130. The molecule has 3 N–H and O–H groups in total. The molecule has 0 aliphatic heterocycles. The quantitative estimate of drug-likeness (QED) is 0.679. The van der Waals surface area contributed by atoms with Gasteiger partial charge in [-0.05, 0) is 29.8 Å². The van der Waals surface area contributed by atoms with Crippen LogP contribution in [0.1, 0.15) is 15.9 Å². The van der Waals surface area contributed by atoms with Gasteiger partial charge in [-0.25, -0.2) is 0 Å². The standard InChI is InChI=1S/C19H23N3O3/c1-20-19(25)16-7-9-17(10-8-16)21-18(24)14-22(11-12-23)13-15-5-3-2-4-6-15/h2-10,23H,11-14H2,1H3,(H,20,25)(H,21,24). The predicted molar refractivity (Wildman–Crippen MR) is 97.3 cm³/mol. The Hall–Kier alpha value is -2.70. The van der Waals surface area contributed by atoms with E-state index in [1.807, 2.05) is 35.2 Å². The van der Waals surface area contributed by atoms with Crippen LogP contribution in [0.4, 0.5) is 5.69 Å². The number of nitrogens with one attached hydrogen (secondary N) is 2. The minimum Gasteiger partial charge on any atom is -0.395 e. The van der Waals surface area contributed by atoms with Gasteiger partial charge in [0.25, 0.3) is 5.91 Å². The third-order valence-corrected chi connectivity index (χ3v) is 3.69. The van der Waals surface area contributed by atoms with Crippen molar-refractivity contribution in [2.45, 2.75) is 6.54 Å². The molecule has 0 spiro atoms. The maximum absolute atomic E-state index is 12.2. The first-order valence-electron chi connectivity index (χ1n) is 8.11. The second-order valence-corrected chi connectivity index (χ2v) is 5.62. The molecule has 0 heterocycles. The van der Waals surface area contributed by atoms with Crippen molar-refractivity contribution in [3.05, 3.63) is 65.7 Å². The van der Waals surface area contributed by atoms with E-state index in [1.54, 1.807) is 31.3 Å². The number of hydrogen-bond donors (Lipinski definition) is 3. The smallest absolute Gasteiger partial charge is 0.251 e. The van der Waals surface area contributed by atoms with Crippen LogP contribution in [0, 0.1) is 0 Å². The topological polar surface area (TPSA) is 81.7 Å². The maximum atomic E-state index is 12.2. The predicted octanol–water partition coefficient (Wildman–Crippen LogP) is 1.48. The van der Waals surface area contributed by atoms with Crippen LogP contribution < -0.4 is 10.6 Å². The Bertz CT molecular complexity index is 687. The van der Waals surface area contributed by atoms with E-state index in [4.69, 9.17) is 0 Å². The first kappa shape index (κ1) is 18.6. The van der Waals surface area contributed by atoms with Crippen LogP contribution in [-0.4, -0.2) is 48.6 Å². The van der Waals surface area contributed by atoms with Crippen molar-refractivity contribution in [3.8, 4) is 0 Å². The van der Waals surface area contributed by atoms with Crippen LogP contribution in [0.25, 0.3) is 0 Å². The lowest BCUT2D eigenvalue weighted by Gasteiger charge is -2.21. The first-order chi connectivity index (χ1) is 12.1. The number of aliphatic hydroxyl groups excluding tert-OH is 1. The highest BCUT2D eigenvalue weighted by molar-refractivity contribution is 5.96. The van der Waals surface area contributed by atoms with Crippen LogP contribution in [0.5, 0.6) is 0 Å². The molecule has 2 rings (SSSR count). The van der Waals surface area contributed by atoms with E-state index in [0.29, 0.717) is 24.3 Å². The molecule has 25 heavy (non-hydrogen) atoms. The molecule has 0 unspecified atom stereocenters. The van der Waals surface area contributed by atoms with Crippen LogP contribution >= 0.6 is 0 Å². The van der Waals surface area contributed by atoms with Gasteiger partial charge in [-0.15, -0.1) is 0 Å². The maximum Gasteiger partial charge on any atom is 0.251 e. The van der Waals surface area contributed by atoms with Crippen LogP contribution in [0.15, 0.2) is 54.6 Å². The van der Waals surface area contributed by atoms with Crippen LogP contribution in [0.3, 0.4) is 0 Å². The average molecular weight is 341 g/mol. The SMILES string of the molecule is CNC(=O)c1ccc(NC(=O)CN(CCO)Cc2ccccc2)cc1. The van der Waals surface area contributed by atoms with Crippen molar-refractivity contribution in [1.82, 2.24) is 10.2 Å². The summed E-state index contributed by atoms with van der Waals surface area (Å²) in [7, 11) is 1.57. The van der Waals surface area contributed by atoms with Gasteiger partial charge in [-0.1, -0.05) is 30.3 Å². The first-order valence-corrected chi connectivity index (χ1v) is 8.11. The summed E-state index contributed by atoms with van der Waals surface area (Å²) in [4.78, 5) is 25.6. The molecule has 0 aliphatic rings. The average Bonchev–Trinajstić information content (AvgIpc) is 2.62. The molecule has 2 aromatic rings. The molecule has 6 nitrogen and oxygen atoms in total. The lowest BCUT2D eigenvalue weighted by Crippen LogP contribution is -2.34. The fourth-order valence-corrected chi connectivity index (χ4v) is 2.45. The zero-order valence-corrected chi connectivity index (χ0v) is 14.2. The Morgan fingerprint density at radius 1 is 1.04 bits per heavy atom. The van der Waals surface area contributed by atoms with Crippen molar-refractivity contribution >= 4 is 17.5 Å². The number of hydrogen-bond acceptors (Lipinski definition) is 4. The van der Waals surface area contributed by atoms with Gasteiger partial charge in [0.15, 0.2) is 0 Å². The van der Waals surface area contributed by atoms with Crippen molar-refractivity contribution in [2.24, 2.45) is 0 Å². The van der Waals surface area contributed by atoms with E-state index in [0.717, 1.165) is 5.56 Å². The lowest BCUT2D eigenvalue weighted by molar-refractivity contribution is -0.117. The molecular weight excluding hydrogens is 318 g/mol. The molecule has 0 aliphatic carbocycles. The van der Waals surface area contributed by atoms with E-state index >= 15 is 0 Å². The van der Waals surface area contributed by atoms with Gasteiger partial charge in [0, 0.05) is 31.4 Å². The summed E-state index contributed by atoms with van der Waals surface area (Å²) in [5.41, 5.74) is 2.24. The number of carbonyl (C=O) groups excluding carboxylic acids is 2. The highest BCUT2D eigenvalue weighted by atomic mass is 16.3. The van der Waals surface area contributed by atoms with Crippen molar-refractivity contribution < 1.29 is 14.7 Å². The van der Waals surface area contributed by atoms with Gasteiger partial charge >= 0.3 is 0 Å². The van der Waals surface area contributed by atoms with E-state index in [1.165, 1.54) is 0 Å². The third kappa shape index (κ3) is 6.02. The number of amides is 2. The number of benzene rings is 2. The largest absolute Gasteiger partial charge is 0.395 e. The van der Waals surface area contributed by atoms with E-state index < -0.39 is 0 Å². The minimum atomic E-state index is -0.171. The summed E-state index contributed by atoms with van der Waals surface area (Å²) in [5.74, 6) is -0.341. The third-order valence-electron chi connectivity index (χ3n) is 3.69. The summed E-state index contributed by atoms with van der Waals surface area (Å²) in [6.45, 7) is 1.16. The van der Waals surface area contributed by atoms with Gasteiger partial charge in [0.1, 0.15) is 0 Å². The number of nitrogens with zero attached hydrogens (tertiary/aromatic N) is 1. The Labute approximate surface area is 147 Å². The van der Waals surface area contributed by atoms with Gasteiger partial charge < -0.3 is 15.7 Å². The van der Waals surface area contributed by atoms with Crippen molar-refractivity contribution in [2.75, 3.05) is 32.1 Å². The number of carbonyl (C=O) groups is 2. The lowest BCUT2D eigenvalue weighted by atomic mass is 10.2. The van der Waals surface area contributed by atoms with Crippen LogP contribution in [-0.2, 0) is 11.3 Å². The molecule has 0 saturated heterocycles. The molecule has 0 bridgehead atoms. The Balaban J connectivity index is 1.93. The summed E-state index contributed by atoms with van der Waals surface area (Å²) in [5, 5.41) is 14.6. The molecular formula is C19H23N3O3. The fraction of sp³-hybridized carbons (Fsp3) is 0.263. The highest BCUT2D eigenvalue weighted by Gasteiger charge is 2.11. The molecule has 0 fully saturated rings. The number of rotatable bonds is 8. The molecule has 0 saturated carbocycles. The summed E-state index contributed by atoms with van der Waals surface area (Å²) in [6.07, 6.45) is 0. The van der Waals surface area contributed by atoms with Gasteiger partial charge in [0.2, 0.25) is 5.91 Å². The van der Waals surface area contributed by atoms with Crippen molar-refractivity contribution in [3.63, 3.8) is 0 Å². The van der Waals surface area contributed by atoms with Gasteiger partial charge in [-0.3, -0.25) is 14.5 Å². The zero-order chi connectivity index (χ0) is 18.1. The molecule has 0 atom stereocenters. The van der Waals surface area contributed by atoms with Crippen LogP contribution in [0.2, 0.25) is 0 Å². The Kier molecular flexibility index (Phi) is 7.13. The monoisotopic (exact) mass is 341 g/mol. The van der Waals surface area contributed by atoms with E-state index in [2.05, 4.69) is 10.6 Å². The molecule has 6 heteroatoms. The summed E-state index contributed by atoms with van der Waals surface area (Å²) >= 11 is 0. The second kappa shape index (κ2) is 9.56. The van der Waals surface area contributed by atoms with E-state index in [9.17, 15) is 14.7 Å². The molecule has 2 aromatic carbocycles. The summed E-state index contributed by atoms with van der Waals surface area (Å²) in [6, 6.07) is 16.5. The molecule has 132 valence electrons. The molecule has 0 aromatic heterocycles. The van der Waals surface area contributed by atoms with E-state index in [-0.39, 0.29) is 25.0 Å². The molecule has 2 amide bonds. The normalized spacial score (nSPS) is 10.5.